The molecule has 1 amide bonds. The van der Waals surface area contributed by atoms with Crippen LogP contribution in [0, 0.1) is 0 Å². The van der Waals surface area contributed by atoms with Gasteiger partial charge in [0.1, 0.15) is 12.4 Å². The zero-order valence-corrected chi connectivity index (χ0v) is 12.3. The Balaban J connectivity index is 2.49. The first-order valence-corrected chi connectivity index (χ1v) is 6.39. The van der Waals surface area contributed by atoms with Gasteiger partial charge in [-0.1, -0.05) is 12.1 Å². The monoisotopic (exact) mass is 265 g/mol. The van der Waals surface area contributed by atoms with E-state index in [9.17, 15) is 4.79 Å². The van der Waals surface area contributed by atoms with Crippen molar-refractivity contribution in [2.75, 3.05) is 13.7 Å². The van der Waals surface area contributed by atoms with E-state index in [1.54, 1.807) is 7.11 Å². The van der Waals surface area contributed by atoms with E-state index in [-0.39, 0.29) is 24.2 Å². The Morgan fingerprint density at radius 3 is 2.32 bits per heavy atom. The van der Waals surface area contributed by atoms with Crippen LogP contribution in [0.4, 0.5) is 0 Å². The van der Waals surface area contributed by atoms with Gasteiger partial charge in [-0.2, -0.15) is 0 Å². The molecule has 106 valence electrons. The predicted molar refractivity (Wildman–Crippen MR) is 75.3 cm³/mol. The Labute approximate surface area is 115 Å². The second kappa shape index (κ2) is 6.57. The van der Waals surface area contributed by atoms with Crippen molar-refractivity contribution in [1.29, 1.82) is 0 Å². The number of benzene rings is 1. The molecule has 0 saturated carbocycles. The SMILES string of the molecule is COc1ccc([C@@H](C)NC(=O)COC(C)(C)C)cc1. The van der Waals surface area contributed by atoms with Crippen LogP contribution in [-0.2, 0) is 9.53 Å². The molecule has 0 aliphatic carbocycles. The fraction of sp³-hybridized carbons (Fsp3) is 0.533. The molecular formula is C15H23NO3. The maximum atomic E-state index is 11.7. The van der Waals surface area contributed by atoms with Crippen molar-refractivity contribution in [3.05, 3.63) is 29.8 Å². The summed E-state index contributed by atoms with van der Waals surface area (Å²) in [6.45, 7) is 7.79. The number of amides is 1. The number of rotatable bonds is 5. The third-order valence-corrected chi connectivity index (χ3v) is 2.63. The number of carbonyl (C=O) groups is 1. The van der Waals surface area contributed by atoms with Gasteiger partial charge in [-0.25, -0.2) is 0 Å². The lowest BCUT2D eigenvalue weighted by Gasteiger charge is -2.20. The minimum absolute atomic E-state index is 0.0537. The van der Waals surface area contributed by atoms with Crippen molar-refractivity contribution in [3.8, 4) is 5.75 Å². The van der Waals surface area contributed by atoms with Crippen molar-refractivity contribution in [3.63, 3.8) is 0 Å². The van der Waals surface area contributed by atoms with Gasteiger partial charge in [-0.15, -0.1) is 0 Å². The molecule has 1 atom stereocenters. The summed E-state index contributed by atoms with van der Waals surface area (Å²) in [5, 5.41) is 2.90. The molecule has 0 aromatic heterocycles. The van der Waals surface area contributed by atoms with E-state index in [1.807, 2.05) is 52.0 Å². The second-order valence-electron chi connectivity index (χ2n) is 5.46. The van der Waals surface area contributed by atoms with Crippen molar-refractivity contribution in [1.82, 2.24) is 5.32 Å². The van der Waals surface area contributed by atoms with Crippen LogP contribution in [0.2, 0.25) is 0 Å². The van der Waals surface area contributed by atoms with Gasteiger partial charge in [0.05, 0.1) is 18.8 Å². The molecule has 4 nitrogen and oxygen atoms in total. The number of methoxy groups -OCH3 is 1. The third kappa shape index (κ3) is 5.75. The van der Waals surface area contributed by atoms with Crippen molar-refractivity contribution < 1.29 is 14.3 Å². The highest BCUT2D eigenvalue weighted by molar-refractivity contribution is 5.77. The summed E-state index contributed by atoms with van der Waals surface area (Å²) in [5.74, 6) is 0.691. The minimum atomic E-state index is -0.305. The van der Waals surface area contributed by atoms with Gasteiger partial charge in [-0.3, -0.25) is 4.79 Å². The molecule has 0 spiro atoms. The molecular weight excluding hydrogens is 242 g/mol. The van der Waals surface area contributed by atoms with Crippen LogP contribution in [-0.4, -0.2) is 25.2 Å². The smallest absolute Gasteiger partial charge is 0.246 e. The van der Waals surface area contributed by atoms with Crippen LogP contribution < -0.4 is 10.1 Å². The van der Waals surface area contributed by atoms with Gasteiger partial charge in [-0.05, 0) is 45.4 Å². The number of hydrogen-bond donors (Lipinski definition) is 1. The first-order chi connectivity index (χ1) is 8.81. The summed E-state index contributed by atoms with van der Waals surface area (Å²) >= 11 is 0. The summed E-state index contributed by atoms with van der Waals surface area (Å²) in [6, 6.07) is 7.58. The molecule has 0 fully saturated rings. The Bertz CT molecular complexity index is 406. The molecule has 4 heteroatoms. The van der Waals surface area contributed by atoms with Gasteiger partial charge in [0.25, 0.3) is 0 Å². The third-order valence-electron chi connectivity index (χ3n) is 2.63. The molecule has 0 saturated heterocycles. The number of ether oxygens (including phenoxy) is 2. The highest BCUT2D eigenvalue weighted by Crippen LogP contribution is 2.17. The van der Waals surface area contributed by atoms with Gasteiger partial charge in [0.2, 0.25) is 5.91 Å². The van der Waals surface area contributed by atoms with E-state index in [0.29, 0.717) is 0 Å². The second-order valence-corrected chi connectivity index (χ2v) is 5.46. The highest BCUT2D eigenvalue weighted by Gasteiger charge is 2.14. The highest BCUT2D eigenvalue weighted by atomic mass is 16.5. The molecule has 0 radical (unpaired) electrons. The predicted octanol–water partition coefficient (Wildman–Crippen LogP) is 2.69. The Morgan fingerprint density at radius 1 is 1.26 bits per heavy atom. The molecule has 1 rings (SSSR count). The number of carbonyl (C=O) groups excluding carboxylic acids is 1. The summed E-state index contributed by atoms with van der Waals surface area (Å²) in [5.41, 5.74) is 0.727. The number of hydrogen-bond acceptors (Lipinski definition) is 3. The molecule has 0 unspecified atom stereocenters. The van der Waals surface area contributed by atoms with E-state index >= 15 is 0 Å². The van der Waals surface area contributed by atoms with Crippen LogP contribution >= 0.6 is 0 Å². The van der Waals surface area contributed by atoms with Crippen LogP contribution in [0.1, 0.15) is 39.3 Å². The normalized spacial score (nSPS) is 12.9. The molecule has 1 N–H and O–H groups in total. The maximum Gasteiger partial charge on any atom is 0.246 e. The largest absolute Gasteiger partial charge is 0.497 e. The van der Waals surface area contributed by atoms with E-state index in [2.05, 4.69) is 5.32 Å². The molecule has 0 aliphatic rings. The van der Waals surface area contributed by atoms with E-state index < -0.39 is 0 Å². The van der Waals surface area contributed by atoms with Crippen molar-refractivity contribution >= 4 is 5.91 Å². The van der Waals surface area contributed by atoms with Crippen LogP contribution in [0.15, 0.2) is 24.3 Å². The molecule has 1 aromatic carbocycles. The van der Waals surface area contributed by atoms with E-state index in [4.69, 9.17) is 9.47 Å². The standard InChI is InChI=1S/C15H23NO3/c1-11(12-6-8-13(18-5)9-7-12)16-14(17)10-19-15(2,3)4/h6-9,11H,10H2,1-5H3,(H,16,17)/t11-/m1/s1. The topological polar surface area (TPSA) is 47.6 Å². The fourth-order valence-corrected chi connectivity index (χ4v) is 1.54. The van der Waals surface area contributed by atoms with Gasteiger partial charge < -0.3 is 14.8 Å². The summed E-state index contributed by atoms with van der Waals surface area (Å²) in [6.07, 6.45) is 0. The zero-order chi connectivity index (χ0) is 14.5. The fourth-order valence-electron chi connectivity index (χ4n) is 1.54. The average molecular weight is 265 g/mol. The average Bonchev–Trinajstić information content (AvgIpc) is 2.35. The Kier molecular flexibility index (Phi) is 5.36. The maximum absolute atomic E-state index is 11.7. The first kappa shape index (κ1) is 15.5. The summed E-state index contributed by atoms with van der Waals surface area (Å²) < 4.78 is 10.5. The van der Waals surface area contributed by atoms with Crippen LogP contribution in [0.5, 0.6) is 5.75 Å². The van der Waals surface area contributed by atoms with E-state index in [1.165, 1.54) is 0 Å². The molecule has 19 heavy (non-hydrogen) atoms. The Hall–Kier alpha value is -1.55. The lowest BCUT2D eigenvalue weighted by Crippen LogP contribution is -2.33. The first-order valence-electron chi connectivity index (χ1n) is 6.39. The quantitative estimate of drug-likeness (QED) is 0.890. The summed E-state index contributed by atoms with van der Waals surface area (Å²) in [4.78, 5) is 11.7. The lowest BCUT2D eigenvalue weighted by atomic mass is 10.1. The van der Waals surface area contributed by atoms with E-state index in [0.717, 1.165) is 11.3 Å². The van der Waals surface area contributed by atoms with Gasteiger partial charge in [0, 0.05) is 0 Å². The number of nitrogens with one attached hydrogen (secondary N) is 1. The molecule has 0 heterocycles. The minimum Gasteiger partial charge on any atom is -0.497 e. The van der Waals surface area contributed by atoms with Gasteiger partial charge in [0.15, 0.2) is 0 Å². The van der Waals surface area contributed by atoms with Crippen LogP contribution in [0.3, 0.4) is 0 Å². The molecule has 0 bridgehead atoms. The van der Waals surface area contributed by atoms with Crippen LogP contribution in [0.25, 0.3) is 0 Å². The van der Waals surface area contributed by atoms with Gasteiger partial charge >= 0.3 is 0 Å². The van der Waals surface area contributed by atoms with Crippen molar-refractivity contribution in [2.45, 2.75) is 39.3 Å². The van der Waals surface area contributed by atoms with Crippen molar-refractivity contribution in [2.24, 2.45) is 0 Å². The Morgan fingerprint density at radius 2 is 1.84 bits per heavy atom. The molecule has 1 aromatic rings. The summed E-state index contributed by atoms with van der Waals surface area (Å²) in [7, 11) is 1.63. The lowest BCUT2D eigenvalue weighted by molar-refractivity contribution is -0.131. The molecule has 0 aliphatic heterocycles. The zero-order valence-electron chi connectivity index (χ0n) is 12.3.